The predicted molar refractivity (Wildman–Crippen MR) is 54.1 cm³/mol. The highest BCUT2D eigenvalue weighted by Crippen LogP contribution is 2.30. The van der Waals surface area contributed by atoms with E-state index in [0.29, 0.717) is 11.1 Å². The molecule has 3 nitrogen and oxygen atoms in total. The van der Waals surface area contributed by atoms with Gasteiger partial charge in [0.2, 0.25) is 0 Å². The van der Waals surface area contributed by atoms with Crippen molar-refractivity contribution >= 4 is 15.9 Å². The lowest BCUT2D eigenvalue weighted by atomic mass is 10.0. The number of alkyl halides is 2. The molecule has 0 aliphatic rings. The van der Waals surface area contributed by atoms with Gasteiger partial charge in [-0.25, -0.2) is 13.8 Å². The van der Waals surface area contributed by atoms with E-state index in [2.05, 4.69) is 20.9 Å². The van der Waals surface area contributed by atoms with Crippen molar-refractivity contribution in [1.29, 1.82) is 5.26 Å². The molecular weight excluding hydrogens is 268 g/mol. The van der Waals surface area contributed by atoms with Crippen LogP contribution in [0.4, 0.5) is 8.78 Å². The largest absolute Gasteiger partial charge is 0.326 e. The Bertz CT molecular complexity index is 401. The summed E-state index contributed by atoms with van der Waals surface area (Å²) < 4.78 is 25.5. The number of rotatable bonds is 3. The molecular formula is C9H8BrF2N3. The van der Waals surface area contributed by atoms with Gasteiger partial charge in [-0.15, -0.1) is 0 Å². The lowest BCUT2D eigenvalue weighted by Gasteiger charge is -2.11. The topological polar surface area (TPSA) is 62.7 Å². The maximum Gasteiger partial charge on any atom is 0.266 e. The molecule has 0 saturated heterocycles. The van der Waals surface area contributed by atoms with Crippen LogP contribution < -0.4 is 5.73 Å². The smallest absolute Gasteiger partial charge is 0.266 e. The van der Waals surface area contributed by atoms with Crippen LogP contribution in [0.2, 0.25) is 0 Å². The van der Waals surface area contributed by atoms with Gasteiger partial charge < -0.3 is 5.73 Å². The van der Waals surface area contributed by atoms with Crippen LogP contribution in [0.25, 0.3) is 0 Å². The standard InChI is InChI=1S/C9H8BrF2N3/c10-8-7(9(11)12)6(3-14)5(1-2-13)4-15-8/h4,9H,1,3,14H2. The summed E-state index contributed by atoms with van der Waals surface area (Å²) in [5, 5.41) is 8.52. The average molecular weight is 276 g/mol. The van der Waals surface area contributed by atoms with E-state index < -0.39 is 6.43 Å². The molecule has 15 heavy (non-hydrogen) atoms. The molecule has 1 rings (SSSR count). The van der Waals surface area contributed by atoms with Gasteiger partial charge in [0.05, 0.1) is 18.1 Å². The number of nitrogens with zero attached hydrogens (tertiary/aromatic N) is 2. The molecule has 0 aliphatic heterocycles. The monoisotopic (exact) mass is 275 g/mol. The van der Waals surface area contributed by atoms with E-state index in [0.717, 1.165) is 0 Å². The highest BCUT2D eigenvalue weighted by Gasteiger charge is 2.19. The summed E-state index contributed by atoms with van der Waals surface area (Å²) in [5.74, 6) is 0. The quantitative estimate of drug-likeness (QED) is 0.861. The van der Waals surface area contributed by atoms with Crippen molar-refractivity contribution in [3.63, 3.8) is 0 Å². The number of halogens is 3. The van der Waals surface area contributed by atoms with Crippen molar-refractivity contribution in [2.75, 3.05) is 0 Å². The third-order valence-electron chi connectivity index (χ3n) is 1.96. The van der Waals surface area contributed by atoms with Gasteiger partial charge in [-0.3, -0.25) is 0 Å². The first-order valence-electron chi connectivity index (χ1n) is 4.13. The fraction of sp³-hybridized carbons (Fsp3) is 0.333. The predicted octanol–water partition coefficient (Wildman–Crippen LogP) is 2.31. The summed E-state index contributed by atoms with van der Waals surface area (Å²) in [6, 6.07) is 1.89. The van der Waals surface area contributed by atoms with Crippen molar-refractivity contribution in [2.45, 2.75) is 19.4 Å². The zero-order valence-corrected chi connectivity index (χ0v) is 9.26. The first-order chi connectivity index (χ1) is 7.11. The number of nitrogens with two attached hydrogens (primary N) is 1. The van der Waals surface area contributed by atoms with Crippen molar-refractivity contribution in [3.05, 3.63) is 27.5 Å². The van der Waals surface area contributed by atoms with Crippen molar-refractivity contribution < 1.29 is 8.78 Å². The van der Waals surface area contributed by atoms with Crippen LogP contribution in [0.3, 0.4) is 0 Å². The van der Waals surface area contributed by atoms with Crippen LogP contribution in [0.15, 0.2) is 10.8 Å². The number of pyridine rings is 1. The van der Waals surface area contributed by atoms with Gasteiger partial charge in [-0.2, -0.15) is 5.26 Å². The van der Waals surface area contributed by atoms with Crippen molar-refractivity contribution in [2.24, 2.45) is 5.73 Å². The maximum atomic E-state index is 12.7. The second-order valence-electron chi connectivity index (χ2n) is 2.81. The summed E-state index contributed by atoms with van der Waals surface area (Å²) in [6.45, 7) is -0.0300. The fourth-order valence-corrected chi connectivity index (χ4v) is 1.79. The van der Waals surface area contributed by atoms with Crippen molar-refractivity contribution in [1.82, 2.24) is 4.98 Å². The second-order valence-corrected chi connectivity index (χ2v) is 3.56. The highest BCUT2D eigenvalue weighted by atomic mass is 79.9. The van der Waals surface area contributed by atoms with E-state index in [4.69, 9.17) is 11.0 Å². The Morgan fingerprint density at radius 2 is 2.27 bits per heavy atom. The molecule has 0 aromatic carbocycles. The van der Waals surface area contributed by atoms with Gasteiger partial charge in [-0.05, 0) is 27.1 Å². The van der Waals surface area contributed by atoms with Crippen LogP contribution >= 0.6 is 15.9 Å². The van der Waals surface area contributed by atoms with Crippen LogP contribution in [0.1, 0.15) is 23.1 Å². The lowest BCUT2D eigenvalue weighted by molar-refractivity contribution is 0.148. The molecule has 1 aromatic rings. The molecule has 0 saturated carbocycles. The Morgan fingerprint density at radius 1 is 1.60 bits per heavy atom. The second kappa shape index (κ2) is 5.14. The van der Waals surface area contributed by atoms with Crippen molar-refractivity contribution in [3.8, 4) is 6.07 Å². The Morgan fingerprint density at radius 3 is 2.73 bits per heavy atom. The first-order valence-corrected chi connectivity index (χ1v) is 4.92. The summed E-state index contributed by atoms with van der Waals surface area (Å²) in [7, 11) is 0. The third kappa shape index (κ3) is 2.49. The van der Waals surface area contributed by atoms with Crippen LogP contribution in [0, 0.1) is 11.3 Å². The third-order valence-corrected chi connectivity index (χ3v) is 2.59. The van der Waals surface area contributed by atoms with Crippen LogP contribution in [-0.4, -0.2) is 4.98 Å². The minimum absolute atomic E-state index is 0.0300. The number of nitriles is 1. The minimum Gasteiger partial charge on any atom is -0.326 e. The van der Waals surface area contributed by atoms with Gasteiger partial charge in [0.15, 0.2) is 0 Å². The molecule has 1 heterocycles. The van der Waals surface area contributed by atoms with Crippen LogP contribution in [-0.2, 0) is 13.0 Å². The number of hydrogen-bond acceptors (Lipinski definition) is 3. The van der Waals surface area contributed by atoms with E-state index in [1.54, 1.807) is 0 Å². The minimum atomic E-state index is -2.65. The van der Waals surface area contributed by atoms with E-state index in [-0.39, 0.29) is 23.1 Å². The zero-order valence-electron chi connectivity index (χ0n) is 7.67. The van der Waals surface area contributed by atoms with E-state index >= 15 is 0 Å². The highest BCUT2D eigenvalue weighted by molar-refractivity contribution is 9.10. The first kappa shape index (κ1) is 12.0. The Hall–Kier alpha value is -1.06. The normalized spacial score (nSPS) is 10.4. The van der Waals surface area contributed by atoms with Crippen LogP contribution in [0.5, 0.6) is 0 Å². The fourth-order valence-electron chi connectivity index (χ4n) is 1.28. The Kier molecular flexibility index (Phi) is 4.12. The molecule has 0 spiro atoms. The van der Waals surface area contributed by atoms with E-state index in [1.807, 2.05) is 6.07 Å². The molecule has 0 amide bonds. The molecule has 0 unspecified atom stereocenters. The molecule has 0 bridgehead atoms. The van der Waals surface area contributed by atoms with Gasteiger partial charge in [0, 0.05) is 12.7 Å². The molecule has 0 radical (unpaired) electrons. The Labute approximate surface area is 94.0 Å². The summed E-state index contributed by atoms with van der Waals surface area (Å²) in [6.07, 6.45) is -1.22. The zero-order chi connectivity index (χ0) is 11.4. The average Bonchev–Trinajstić information content (AvgIpc) is 2.19. The molecule has 0 atom stereocenters. The van der Waals surface area contributed by atoms with E-state index in [1.165, 1.54) is 6.20 Å². The Balaban J connectivity index is 3.34. The summed E-state index contributed by atoms with van der Waals surface area (Å²) in [5.41, 5.74) is 5.94. The molecule has 1 aromatic heterocycles. The van der Waals surface area contributed by atoms with E-state index in [9.17, 15) is 8.78 Å². The number of hydrogen-bond donors (Lipinski definition) is 1. The molecule has 80 valence electrons. The van der Waals surface area contributed by atoms with Gasteiger partial charge >= 0.3 is 0 Å². The number of aromatic nitrogens is 1. The van der Waals surface area contributed by atoms with Gasteiger partial charge in [-0.1, -0.05) is 0 Å². The molecule has 6 heteroatoms. The van der Waals surface area contributed by atoms with Gasteiger partial charge in [0.25, 0.3) is 6.43 Å². The molecule has 0 aliphatic carbocycles. The maximum absolute atomic E-state index is 12.7. The lowest BCUT2D eigenvalue weighted by Crippen LogP contribution is -2.08. The molecule has 2 N–H and O–H groups in total. The molecule has 0 fully saturated rings. The summed E-state index contributed by atoms with van der Waals surface area (Å²) in [4.78, 5) is 3.76. The summed E-state index contributed by atoms with van der Waals surface area (Å²) >= 11 is 2.94. The van der Waals surface area contributed by atoms with Gasteiger partial charge in [0.1, 0.15) is 4.60 Å². The SMILES string of the molecule is N#CCc1cnc(Br)c(C(F)F)c1CN.